The maximum absolute atomic E-state index is 11.1. The summed E-state index contributed by atoms with van der Waals surface area (Å²) in [6.07, 6.45) is 18.2. The molecule has 0 saturated heterocycles. The number of hydrogen-bond acceptors (Lipinski definition) is 4. The SMILES string of the molecule is C=CC(=O)OCC(O)COC1=CC2=C(C=CC=C=C2)CC=CC=CC1=C. The van der Waals surface area contributed by atoms with E-state index in [4.69, 9.17) is 9.47 Å². The molecule has 4 nitrogen and oxygen atoms in total. The predicted molar refractivity (Wildman–Crippen MR) is 102 cm³/mol. The minimum atomic E-state index is -0.954. The molecule has 0 heterocycles. The van der Waals surface area contributed by atoms with E-state index in [0.717, 1.165) is 23.6 Å². The number of esters is 1. The van der Waals surface area contributed by atoms with Crippen molar-refractivity contribution in [1.82, 2.24) is 0 Å². The van der Waals surface area contributed by atoms with Gasteiger partial charge in [-0.25, -0.2) is 4.79 Å². The number of hydrogen-bond donors (Lipinski definition) is 1. The van der Waals surface area contributed by atoms with Crippen LogP contribution < -0.4 is 0 Å². The van der Waals surface area contributed by atoms with Gasteiger partial charge in [-0.15, -0.1) is 5.73 Å². The average Bonchev–Trinajstić information content (AvgIpc) is 2.87. The molecule has 0 bridgehead atoms. The van der Waals surface area contributed by atoms with Crippen molar-refractivity contribution in [2.45, 2.75) is 12.5 Å². The molecular formula is C22H22O4. The van der Waals surface area contributed by atoms with Crippen molar-refractivity contribution in [3.05, 3.63) is 102 Å². The first kappa shape index (κ1) is 19.3. The van der Waals surface area contributed by atoms with Gasteiger partial charge in [0.05, 0.1) is 0 Å². The number of carbonyl (C=O) groups excluding carboxylic acids is 1. The molecule has 1 unspecified atom stereocenters. The molecule has 0 amide bonds. The van der Waals surface area contributed by atoms with E-state index in [0.29, 0.717) is 11.3 Å². The monoisotopic (exact) mass is 350 g/mol. The molecule has 2 aliphatic carbocycles. The van der Waals surface area contributed by atoms with E-state index in [2.05, 4.69) is 25.0 Å². The minimum absolute atomic E-state index is 0.0308. The molecule has 0 aliphatic heterocycles. The van der Waals surface area contributed by atoms with Gasteiger partial charge in [-0.3, -0.25) is 0 Å². The smallest absolute Gasteiger partial charge is 0.330 e. The largest absolute Gasteiger partial charge is 0.490 e. The van der Waals surface area contributed by atoms with E-state index < -0.39 is 12.1 Å². The second-order valence-electron chi connectivity index (χ2n) is 5.64. The Morgan fingerprint density at radius 2 is 2.15 bits per heavy atom. The molecular weight excluding hydrogens is 328 g/mol. The van der Waals surface area contributed by atoms with Crippen LogP contribution in [0.5, 0.6) is 0 Å². The quantitative estimate of drug-likeness (QED) is 0.451. The van der Waals surface area contributed by atoms with Crippen LogP contribution in [0.4, 0.5) is 0 Å². The molecule has 0 aromatic carbocycles. The summed E-state index contributed by atoms with van der Waals surface area (Å²) in [4.78, 5) is 11.1. The Kier molecular flexibility index (Phi) is 7.44. The van der Waals surface area contributed by atoms with Gasteiger partial charge in [0, 0.05) is 11.6 Å². The van der Waals surface area contributed by atoms with Crippen LogP contribution in [-0.2, 0) is 14.3 Å². The second-order valence-corrected chi connectivity index (χ2v) is 5.64. The van der Waals surface area contributed by atoms with Crippen molar-refractivity contribution in [3.8, 4) is 0 Å². The van der Waals surface area contributed by atoms with Crippen molar-refractivity contribution in [1.29, 1.82) is 0 Å². The van der Waals surface area contributed by atoms with E-state index in [1.807, 2.05) is 48.6 Å². The highest BCUT2D eigenvalue weighted by atomic mass is 16.5. The lowest BCUT2D eigenvalue weighted by atomic mass is 10.0. The summed E-state index contributed by atoms with van der Waals surface area (Å²) in [7, 11) is 0. The number of ether oxygens (including phenoxy) is 2. The third-order valence-corrected chi connectivity index (χ3v) is 3.60. The second kappa shape index (κ2) is 10.0. The molecule has 0 aromatic rings. The van der Waals surface area contributed by atoms with E-state index in [9.17, 15) is 9.90 Å². The zero-order chi connectivity index (χ0) is 18.8. The van der Waals surface area contributed by atoms with E-state index in [1.165, 1.54) is 0 Å². The highest BCUT2D eigenvalue weighted by molar-refractivity contribution is 5.81. The summed E-state index contributed by atoms with van der Waals surface area (Å²) in [5, 5.41) is 9.94. The van der Waals surface area contributed by atoms with Crippen molar-refractivity contribution in [3.63, 3.8) is 0 Å². The average molecular weight is 350 g/mol. The molecule has 1 atom stereocenters. The summed E-state index contributed by atoms with van der Waals surface area (Å²) in [5.41, 5.74) is 5.83. The summed E-state index contributed by atoms with van der Waals surface area (Å²) in [5.74, 6) is -0.0513. The first-order valence-electron chi connectivity index (χ1n) is 8.26. The normalized spacial score (nSPS) is 17.3. The minimum Gasteiger partial charge on any atom is -0.490 e. The molecule has 2 rings (SSSR count). The zero-order valence-corrected chi connectivity index (χ0v) is 14.6. The predicted octanol–water partition coefficient (Wildman–Crippen LogP) is 3.63. The maximum Gasteiger partial charge on any atom is 0.330 e. The molecule has 134 valence electrons. The molecule has 0 spiro atoms. The highest BCUT2D eigenvalue weighted by Gasteiger charge is 2.12. The van der Waals surface area contributed by atoms with E-state index in [1.54, 1.807) is 0 Å². The zero-order valence-electron chi connectivity index (χ0n) is 14.6. The van der Waals surface area contributed by atoms with Crippen LogP contribution in [0.15, 0.2) is 102 Å². The van der Waals surface area contributed by atoms with Crippen LogP contribution in [0.1, 0.15) is 6.42 Å². The molecule has 26 heavy (non-hydrogen) atoms. The lowest BCUT2D eigenvalue weighted by Crippen LogP contribution is -2.23. The molecule has 0 fully saturated rings. The van der Waals surface area contributed by atoms with Crippen LogP contribution in [0.3, 0.4) is 0 Å². The fraction of sp³-hybridized carbons (Fsp3) is 0.182. The Bertz CT molecular complexity index is 781. The number of allylic oxidation sites excluding steroid dienone is 10. The van der Waals surface area contributed by atoms with Gasteiger partial charge >= 0.3 is 5.97 Å². The van der Waals surface area contributed by atoms with Crippen LogP contribution in [0.2, 0.25) is 0 Å². The first-order chi connectivity index (χ1) is 12.6. The van der Waals surface area contributed by atoms with Gasteiger partial charge in [0.2, 0.25) is 0 Å². The van der Waals surface area contributed by atoms with Crippen LogP contribution in [-0.4, -0.2) is 30.4 Å². The summed E-state index contributed by atoms with van der Waals surface area (Å²) in [6, 6.07) is 0. The molecule has 4 heteroatoms. The van der Waals surface area contributed by atoms with Gasteiger partial charge in [-0.1, -0.05) is 49.6 Å². The fourth-order valence-electron chi connectivity index (χ4n) is 2.23. The van der Waals surface area contributed by atoms with E-state index >= 15 is 0 Å². The van der Waals surface area contributed by atoms with Gasteiger partial charge in [0.1, 0.15) is 25.1 Å². The number of aliphatic hydroxyl groups is 1. The van der Waals surface area contributed by atoms with Crippen molar-refractivity contribution >= 4 is 5.97 Å². The molecule has 2 aliphatic rings. The number of rotatable bonds is 6. The lowest BCUT2D eigenvalue weighted by molar-refractivity contribution is -0.141. The topological polar surface area (TPSA) is 55.8 Å². The number of carbonyl (C=O) groups is 1. The Labute approximate surface area is 153 Å². The Morgan fingerprint density at radius 3 is 2.96 bits per heavy atom. The highest BCUT2D eigenvalue weighted by Crippen LogP contribution is 2.22. The molecule has 0 radical (unpaired) electrons. The fourth-order valence-corrected chi connectivity index (χ4v) is 2.23. The van der Waals surface area contributed by atoms with Crippen LogP contribution >= 0.6 is 0 Å². The summed E-state index contributed by atoms with van der Waals surface area (Å²) < 4.78 is 10.6. The van der Waals surface area contributed by atoms with Crippen molar-refractivity contribution < 1.29 is 19.4 Å². The molecule has 0 aromatic heterocycles. The van der Waals surface area contributed by atoms with Gasteiger partial charge < -0.3 is 14.6 Å². The van der Waals surface area contributed by atoms with Gasteiger partial charge in [0.15, 0.2) is 0 Å². The Balaban J connectivity index is 2.16. The van der Waals surface area contributed by atoms with Crippen molar-refractivity contribution in [2.75, 3.05) is 13.2 Å². The summed E-state index contributed by atoms with van der Waals surface area (Å²) >= 11 is 0. The third-order valence-electron chi connectivity index (χ3n) is 3.60. The Hall–Kier alpha value is -3.07. The van der Waals surface area contributed by atoms with Gasteiger partial charge in [-0.2, -0.15) is 0 Å². The molecule has 1 N–H and O–H groups in total. The van der Waals surface area contributed by atoms with E-state index in [-0.39, 0.29) is 13.2 Å². The van der Waals surface area contributed by atoms with Gasteiger partial charge in [-0.05, 0) is 35.8 Å². The third kappa shape index (κ3) is 6.10. The maximum atomic E-state index is 11.1. The number of aliphatic hydroxyl groups excluding tert-OH is 1. The first-order valence-corrected chi connectivity index (χ1v) is 8.26. The van der Waals surface area contributed by atoms with Crippen LogP contribution in [0, 0.1) is 0 Å². The molecule has 0 saturated carbocycles. The standard InChI is InChI=1S/C22H22O4/c1-3-22(24)26-16-20(23)15-25-21-14-19-13-9-5-8-12-18(19)11-7-4-6-10-17(21)2/h3-8,10,12-14,20,23H,1-2,11,15-16H2. The lowest BCUT2D eigenvalue weighted by Gasteiger charge is -2.16. The van der Waals surface area contributed by atoms with Gasteiger partial charge in [0.25, 0.3) is 0 Å². The van der Waals surface area contributed by atoms with Crippen LogP contribution in [0.25, 0.3) is 0 Å². The van der Waals surface area contributed by atoms with Crippen molar-refractivity contribution in [2.24, 2.45) is 0 Å². The summed E-state index contributed by atoms with van der Waals surface area (Å²) in [6.45, 7) is 7.13. The Morgan fingerprint density at radius 1 is 1.31 bits per heavy atom.